The van der Waals surface area contributed by atoms with Crippen LogP contribution < -0.4 is 5.32 Å². The highest BCUT2D eigenvalue weighted by Crippen LogP contribution is 2.25. The highest BCUT2D eigenvalue weighted by atomic mass is 35.5. The second-order valence-electron chi connectivity index (χ2n) is 7.76. The zero-order chi connectivity index (χ0) is 22.0. The molecule has 4 aromatic rings. The summed E-state index contributed by atoms with van der Waals surface area (Å²) in [5.41, 5.74) is 2.90. The molecule has 0 aliphatic heterocycles. The number of halogens is 1. The quantitative estimate of drug-likeness (QED) is 0.437. The van der Waals surface area contributed by atoms with E-state index in [-0.39, 0.29) is 0 Å². The van der Waals surface area contributed by atoms with Crippen LogP contribution in [0.2, 0.25) is 5.02 Å². The number of nitrogens with one attached hydrogen (secondary N) is 1. The number of aliphatic hydroxyl groups is 1. The molecular weight excluding hydrogens is 414 g/mol. The Balaban J connectivity index is 1.60. The van der Waals surface area contributed by atoms with Crippen molar-refractivity contribution < 1.29 is 9.52 Å². The van der Waals surface area contributed by atoms with Gasteiger partial charge in [0.2, 0.25) is 17.7 Å². The van der Waals surface area contributed by atoms with Crippen LogP contribution in [0.15, 0.2) is 59.0 Å². The molecular formula is C23H22ClN5O2. The lowest BCUT2D eigenvalue weighted by atomic mass is 10.0. The summed E-state index contributed by atoms with van der Waals surface area (Å²) in [7, 11) is 0. The van der Waals surface area contributed by atoms with Crippen molar-refractivity contribution >= 4 is 23.2 Å². The molecule has 4 rings (SSSR count). The maximum absolute atomic E-state index is 10.5. The van der Waals surface area contributed by atoms with Gasteiger partial charge in [-0.25, -0.2) is 9.97 Å². The van der Waals surface area contributed by atoms with E-state index < -0.39 is 5.60 Å². The van der Waals surface area contributed by atoms with E-state index in [1.807, 2.05) is 54.6 Å². The first-order valence-electron chi connectivity index (χ1n) is 9.79. The summed E-state index contributed by atoms with van der Waals surface area (Å²) in [5.74, 6) is 1.39. The topological polar surface area (TPSA) is 97.0 Å². The van der Waals surface area contributed by atoms with Crippen molar-refractivity contribution in [2.45, 2.75) is 32.8 Å². The first-order valence-corrected chi connectivity index (χ1v) is 10.2. The fourth-order valence-electron chi connectivity index (χ4n) is 3.01. The number of rotatable bonds is 6. The summed E-state index contributed by atoms with van der Waals surface area (Å²) in [6.07, 6.45) is 0.590. The van der Waals surface area contributed by atoms with Crippen LogP contribution in [-0.4, -0.2) is 25.3 Å². The lowest BCUT2D eigenvalue weighted by Gasteiger charge is -2.19. The predicted octanol–water partition coefficient (Wildman–Crippen LogP) is 5.05. The minimum absolute atomic E-state index is 0.407. The number of hydrogen-bond donors (Lipinski definition) is 2. The number of benzene rings is 2. The first kappa shape index (κ1) is 21.0. The molecule has 0 aliphatic carbocycles. The normalized spacial score (nSPS) is 11.5. The van der Waals surface area contributed by atoms with Gasteiger partial charge < -0.3 is 14.8 Å². The van der Waals surface area contributed by atoms with E-state index in [9.17, 15) is 5.11 Å². The van der Waals surface area contributed by atoms with Crippen molar-refractivity contribution in [1.29, 1.82) is 0 Å². The third kappa shape index (κ3) is 5.25. The standard InChI is InChI=1S/C23H22ClN5O2/c1-14-28-29-21(31-14)16-6-10-18(11-7-16)25-22-26-19(13-20(27-22)23(2,3)30)12-15-4-8-17(24)9-5-15/h4-11,13,30H,12H2,1-3H3,(H,25,26,27). The lowest BCUT2D eigenvalue weighted by Crippen LogP contribution is -2.19. The highest BCUT2D eigenvalue weighted by Gasteiger charge is 2.20. The molecule has 0 saturated heterocycles. The third-order valence-corrected chi connectivity index (χ3v) is 4.87. The molecule has 0 unspecified atom stereocenters. The van der Waals surface area contributed by atoms with Gasteiger partial charge in [-0.3, -0.25) is 0 Å². The molecule has 0 amide bonds. The van der Waals surface area contributed by atoms with Crippen LogP contribution in [0.1, 0.15) is 36.7 Å². The molecule has 7 nitrogen and oxygen atoms in total. The van der Waals surface area contributed by atoms with Crippen LogP contribution in [0.25, 0.3) is 11.5 Å². The van der Waals surface area contributed by atoms with Crippen LogP contribution in [-0.2, 0) is 12.0 Å². The van der Waals surface area contributed by atoms with Crippen molar-refractivity contribution in [2.24, 2.45) is 0 Å². The Bertz CT molecular complexity index is 1180. The first-order chi connectivity index (χ1) is 14.8. The van der Waals surface area contributed by atoms with Gasteiger partial charge in [-0.15, -0.1) is 10.2 Å². The predicted molar refractivity (Wildman–Crippen MR) is 119 cm³/mol. The molecule has 0 aliphatic rings. The maximum atomic E-state index is 10.5. The second kappa shape index (κ2) is 8.45. The summed E-state index contributed by atoms with van der Waals surface area (Å²) < 4.78 is 5.46. The number of aromatic nitrogens is 4. The number of nitrogens with zero attached hydrogens (tertiary/aromatic N) is 4. The van der Waals surface area contributed by atoms with E-state index in [0.717, 1.165) is 22.5 Å². The summed E-state index contributed by atoms with van der Waals surface area (Å²) >= 11 is 5.98. The summed E-state index contributed by atoms with van der Waals surface area (Å²) in [5, 5.41) is 22.3. The molecule has 2 N–H and O–H groups in total. The van der Waals surface area contributed by atoms with E-state index in [1.54, 1.807) is 20.8 Å². The maximum Gasteiger partial charge on any atom is 0.247 e. The molecule has 2 aromatic heterocycles. The van der Waals surface area contributed by atoms with E-state index in [1.165, 1.54) is 0 Å². The average Bonchev–Trinajstić information content (AvgIpc) is 3.16. The molecule has 0 atom stereocenters. The summed E-state index contributed by atoms with van der Waals surface area (Å²) in [6, 6.07) is 17.0. The zero-order valence-electron chi connectivity index (χ0n) is 17.4. The van der Waals surface area contributed by atoms with Crippen molar-refractivity contribution in [1.82, 2.24) is 20.2 Å². The summed E-state index contributed by atoms with van der Waals surface area (Å²) in [4.78, 5) is 9.14. The molecule has 0 fully saturated rings. The van der Waals surface area contributed by atoms with Crippen LogP contribution in [0.3, 0.4) is 0 Å². The van der Waals surface area contributed by atoms with Crippen molar-refractivity contribution in [3.8, 4) is 11.5 Å². The highest BCUT2D eigenvalue weighted by molar-refractivity contribution is 6.30. The SMILES string of the molecule is Cc1nnc(-c2ccc(Nc3nc(Cc4ccc(Cl)cc4)cc(C(C)(C)O)n3)cc2)o1. The lowest BCUT2D eigenvalue weighted by molar-refractivity contribution is 0.0737. The molecule has 0 saturated carbocycles. The van der Waals surface area contributed by atoms with E-state index in [0.29, 0.717) is 34.9 Å². The Morgan fingerprint density at radius 2 is 1.71 bits per heavy atom. The minimum atomic E-state index is -1.10. The van der Waals surface area contributed by atoms with Crippen molar-refractivity contribution in [3.05, 3.63) is 82.5 Å². The molecule has 0 bridgehead atoms. The van der Waals surface area contributed by atoms with Gasteiger partial charge in [0.25, 0.3) is 0 Å². The van der Waals surface area contributed by atoms with Gasteiger partial charge in [0, 0.05) is 29.6 Å². The number of hydrogen-bond acceptors (Lipinski definition) is 7. The van der Waals surface area contributed by atoms with Crippen LogP contribution in [0.5, 0.6) is 0 Å². The monoisotopic (exact) mass is 435 g/mol. The van der Waals surface area contributed by atoms with Gasteiger partial charge in [0.1, 0.15) is 5.60 Å². The average molecular weight is 436 g/mol. The molecule has 8 heteroatoms. The second-order valence-corrected chi connectivity index (χ2v) is 8.20. The van der Waals surface area contributed by atoms with Crippen molar-refractivity contribution in [2.75, 3.05) is 5.32 Å². The van der Waals surface area contributed by atoms with Crippen molar-refractivity contribution in [3.63, 3.8) is 0 Å². The number of aryl methyl sites for hydroxylation is 1. The Labute approximate surface area is 185 Å². The molecule has 0 spiro atoms. The molecule has 158 valence electrons. The Hall–Kier alpha value is -3.29. The van der Waals surface area contributed by atoms with Gasteiger partial charge in [0.05, 0.1) is 11.4 Å². The van der Waals surface area contributed by atoms with Gasteiger partial charge in [-0.05, 0) is 61.9 Å². The van der Waals surface area contributed by atoms with Gasteiger partial charge in [-0.2, -0.15) is 0 Å². The Morgan fingerprint density at radius 3 is 2.32 bits per heavy atom. The zero-order valence-corrected chi connectivity index (χ0v) is 18.2. The van der Waals surface area contributed by atoms with E-state index in [2.05, 4.69) is 25.5 Å². The molecule has 31 heavy (non-hydrogen) atoms. The van der Waals surface area contributed by atoms with Crippen LogP contribution >= 0.6 is 11.6 Å². The molecule has 0 radical (unpaired) electrons. The van der Waals surface area contributed by atoms with Crippen LogP contribution in [0.4, 0.5) is 11.6 Å². The van der Waals surface area contributed by atoms with Gasteiger partial charge in [-0.1, -0.05) is 23.7 Å². The Morgan fingerprint density at radius 1 is 1.00 bits per heavy atom. The molecule has 2 heterocycles. The largest absolute Gasteiger partial charge is 0.421 e. The fraction of sp³-hybridized carbons (Fsp3) is 0.217. The smallest absolute Gasteiger partial charge is 0.247 e. The Kier molecular flexibility index (Phi) is 5.71. The number of anilines is 2. The van der Waals surface area contributed by atoms with E-state index in [4.69, 9.17) is 16.0 Å². The van der Waals surface area contributed by atoms with Gasteiger partial charge in [0.15, 0.2) is 0 Å². The minimum Gasteiger partial charge on any atom is -0.421 e. The third-order valence-electron chi connectivity index (χ3n) is 4.62. The van der Waals surface area contributed by atoms with E-state index >= 15 is 0 Å². The summed E-state index contributed by atoms with van der Waals surface area (Å²) in [6.45, 7) is 5.15. The molecule has 2 aromatic carbocycles. The van der Waals surface area contributed by atoms with Crippen LogP contribution in [0, 0.1) is 6.92 Å². The fourth-order valence-corrected chi connectivity index (χ4v) is 3.13. The van der Waals surface area contributed by atoms with Gasteiger partial charge >= 0.3 is 0 Å².